The van der Waals surface area contributed by atoms with Crippen molar-refractivity contribution in [3.05, 3.63) is 60.2 Å². The summed E-state index contributed by atoms with van der Waals surface area (Å²) in [5.41, 5.74) is 10.5. The van der Waals surface area contributed by atoms with Gasteiger partial charge in [-0.1, -0.05) is 54.6 Å². The monoisotopic (exact) mass is 250 g/mol. The van der Waals surface area contributed by atoms with E-state index in [0.717, 1.165) is 28.1 Å². The van der Waals surface area contributed by atoms with E-state index in [9.17, 15) is 0 Å². The Morgan fingerprint density at radius 3 is 1.95 bits per heavy atom. The maximum Gasteiger partial charge on any atom is 0.120 e. The number of nitrogens with two attached hydrogens (primary N) is 1. The molecule has 4 heteroatoms. The lowest BCUT2D eigenvalue weighted by Crippen LogP contribution is -1.95. The van der Waals surface area contributed by atoms with Gasteiger partial charge in [0.1, 0.15) is 11.4 Å². The number of rotatable bonds is 3. The summed E-state index contributed by atoms with van der Waals surface area (Å²) in [6, 6.07) is 18.1. The molecule has 0 amide bonds. The molecule has 0 aliphatic carbocycles. The molecule has 0 saturated carbocycles. The fraction of sp³-hybridized carbons (Fsp3) is 0.0667. The average molecular weight is 250 g/mol. The molecule has 0 unspecified atom stereocenters. The second-order valence-electron chi connectivity index (χ2n) is 4.29. The lowest BCUT2D eigenvalue weighted by Gasteiger charge is -2.02. The Morgan fingerprint density at radius 1 is 0.789 bits per heavy atom. The van der Waals surface area contributed by atoms with Crippen LogP contribution in [0.4, 0.5) is 0 Å². The van der Waals surface area contributed by atoms with Crippen molar-refractivity contribution in [1.82, 2.24) is 15.4 Å². The highest BCUT2D eigenvalue weighted by Gasteiger charge is 2.11. The molecule has 0 aliphatic rings. The zero-order valence-electron chi connectivity index (χ0n) is 10.4. The van der Waals surface area contributed by atoms with Crippen LogP contribution in [0.3, 0.4) is 0 Å². The van der Waals surface area contributed by atoms with E-state index < -0.39 is 0 Å². The second kappa shape index (κ2) is 5.04. The molecule has 0 radical (unpaired) electrons. The molecule has 0 fully saturated rings. The molecular weight excluding hydrogens is 236 g/mol. The Morgan fingerprint density at radius 2 is 1.37 bits per heavy atom. The van der Waals surface area contributed by atoms with Crippen molar-refractivity contribution in [2.45, 2.75) is 6.54 Å². The van der Waals surface area contributed by atoms with E-state index in [1.165, 1.54) is 0 Å². The van der Waals surface area contributed by atoms with Crippen molar-refractivity contribution in [2.75, 3.05) is 0 Å². The van der Waals surface area contributed by atoms with E-state index >= 15 is 0 Å². The summed E-state index contributed by atoms with van der Waals surface area (Å²) in [6.07, 6.45) is 0. The van der Waals surface area contributed by atoms with Gasteiger partial charge < -0.3 is 5.73 Å². The van der Waals surface area contributed by atoms with Gasteiger partial charge in [-0.05, 0) is 5.56 Å². The van der Waals surface area contributed by atoms with Gasteiger partial charge in [0.25, 0.3) is 0 Å². The van der Waals surface area contributed by atoms with Crippen LogP contribution >= 0.6 is 0 Å². The first-order chi connectivity index (χ1) is 9.38. The third kappa shape index (κ3) is 2.26. The number of aromatic amines is 1. The minimum absolute atomic E-state index is 0.546. The molecule has 1 aromatic heterocycles. The standard InChI is InChI=1S/C15H14N4/c16-10-11-6-8-13(9-7-11)15-14(17-19-18-15)12-4-2-1-3-5-12/h1-9H,10,16H2,(H,17,18,19). The molecule has 94 valence electrons. The summed E-state index contributed by atoms with van der Waals surface area (Å²) < 4.78 is 0. The van der Waals surface area contributed by atoms with Crippen molar-refractivity contribution < 1.29 is 0 Å². The fourth-order valence-corrected chi connectivity index (χ4v) is 2.03. The molecule has 0 spiro atoms. The Balaban J connectivity index is 2.04. The highest BCUT2D eigenvalue weighted by molar-refractivity contribution is 5.77. The lowest BCUT2D eigenvalue weighted by atomic mass is 10.0. The molecule has 3 rings (SSSR count). The Labute approximate surface area is 111 Å². The van der Waals surface area contributed by atoms with E-state index in [2.05, 4.69) is 15.4 Å². The third-order valence-electron chi connectivity index (χ3n) is 3.06. The van der Waals surface area contributed by atoms with Crippen LogP contribution in [-0.2, 0) is 6.54 Å². The molecule has 0 atom stereocenters. The van der Waals surface area contributed by atoms with Crippen molar-refractivity contribution >= 4 is 0 Å². The quantitative estimate of drug-likeness (QED) is 0.750. The van der Waals surface area contributed by atoms with E-state index in [1.807, 2.05) is 54.6 Å². The van der Waals surface area contributed by atoms with Gasteiger partial charge >= 0.3 is 0 Å². The van der Waals surface area contributed by atoms with Crippen LogP contribution < -0.4 is 5.73 Å². The molecule has 0 bridgehead atoms. The second-order valence-corrected chi connectivity index (χ2v) is 4.29. The highest BCUT2D eigenvalue weighted by Crippen LogP contribution is 2.27. The normalized spacial score (nSPS) is 10.6. The average Bonchev–Trinajstić information content (AvgIpc) is 2.98. The summed E-state index contributed by atoms with van der Waals surface area (Å²) in [4.78, 5) is 0. The van der Waals surface area contributed by atoms with Gasteiger partial charge in [0.05, 0.1) is 0 Å². The summed E-state index contributed by atoms with van der Waals surface area (Å²) in [6.45, 7) is 0.546. The van der Waals surface area contributed by atoms with Crippen LogP contribution in [0.2, 0.25) is 0 Å². The van der Waals surface area contributed by atoms with Crippen LogP contribution in [-0.4, -0.2) is 15.4 Å². The zero-order valence-corrected chi connectivity index (χ0v) is 10.4. The first-order valence-corrected chi connectivity index (χ1v) is 6.14. The van der Waals surface area contributed by atoms with Crippen molar-refractivity contribution in [2.24, 2.45) is 5.73 Å². The molecule has 0 aliphatic heterocycles. The maximum absolute atomic E-state index is 5.61. The molecule has 3 N–H and O–H groups in total. The molecule has 4 nitrogen and oxygen atoms in total. The predicted molar refractivity (Wildman–Crippen MR) is 75.1 cm³/mol. The number of nitrogens with one attached hydrogen (secondary N) is 1. The maximum atomic E-state index is 5.61. The van der Waals surface area contributed by atoms with Gasteiger partial charge in [-0.3, -0.25) is 0 Å². The van der Waals surface area contributed by atoms with Gasteiger partial charge in [-0.15, -0.1) is 0 Å². The topological polar surface area (TPSA) is 67.6 Å². The summed E-state index contributed by atoms with van der Waals surface area (Å²) in [7, 11) is 0. The highest BCUT2D eigenvalue weighted by atomic mass is 15.3. The largest absolute Gasteiger partial charge is 0.326 e. The van der Waals surface area contributed by atoms with E-state index in [-0.39, 0.29) is 0 Å². The van der Waals surface area contributed by atoms with Gasteiger partial charge in [-0.2, -0.15) is 15.4 Å². The summed E-state index contributed by atoms with van der Waals surface area (Å²) >= 11 is 0. The zero-order chi connectivity index (χ0) is 13.1. The molecule has 3 aromatic rings. The number of hydrogen-bond acceptors (Lipinski definition) is 3. The van der Waals surface area contributed by atoms with Crippen molar-refractivity contribution in [1.29, 1.82) is 0 Å². The molecular formula is C15H14N4. The van der Waals surface area contributed by atoms with Crippen LogP contribution in [0.1, 0.15) is 5.56 Å². The number of benzene rings is 2. The SMILES string of the molecule is NCc1ccc(-c2n[nH]nc2-c2ccccc2)cc1. The fourth-order valence-electron chi connectivity index (χ4n) is 2.03. The third-order valence-corrected chi connectivity index (χ3v) is 3.06. The Kier molecular flexibility index (Phi) is 3.08. The van der Waals surface area contributed by atoms with Gasteiger partial charge in [0, 0.05) is 17.7 Å². The smallest absolute Gasteiger partial charge is 0.120 e. The summed E-state index contributed by atoms with van der Waals surface area (Å²) in [5.74, 6) is 0. The molecule has 2 aromatic carbocycles. The minimum atomic E-state index is 0.546. The minimum Gasteiger partial charge on any atom is -0.326 e. The van der Waals surface area contributed by atoms with Gasteiger partial charge in [-0.25, -0.2) is 0 Å². The first kappa shape index (κ1) is 11.6. The van der Waals surface area contributed by atoms with E-state index in [4.69, 9.17) is 5.73 Å². The molecule has 0 saturated heterocycles. The number of nitrogens with zero attached hydrogens (tertiary/aromatic N) is 2. The van der Waals surface area contributed by atoms with Crippen LogP contribution in [0.5, 0.6) is 0 Å². The number of hydrogen-bond donors (Lipinski definition) is 2. The molecule has 1 heterocycles. The van der Waals surface area contributed by atoms with E-state index in [1.54, 1.807) is 0 Å². The van der Waals surface area contributed by atoms with Crippen molar-refractivity contribution in [3.8, 4) is 22.5 Å². The summed E-state index contributed by atoms with van der Waals surface area (Å²) in [5, 5.41) is 11.2. The Bertz CT molecular complexity index is 656. The predicted octanol–water partition coefficient (Wildman–Crippen LogP) is 2.60. The Hall–Kier alpha value is -2.46. The van der Waals surface area contributed by atoms with Crippen LogP contribution in [0, 0.1) is 0 Å². The van der Waals surface area contributed by atoms with Gasteiger partial charge in [0.2, 0.25) is 0 Å². The lowest BCUT2D eigenvalue weighted by molar-refractivity contribution is 0.944. The van der Waals surface area contributed by atoms with Crippen LogP contribution in [0.25, 0.3) is 22.5 Å². The van der Waals surface area contributed by atoms with Crippen molar-refractivity contribution in [3.63, 3.8) is 0 Å². The first-order valence-electron chi connectivity index (χ1n) is 6.14. The number of H-pyrrole nitrogens is 1. The number of aromatic nitrogens is 3. The molecule has 19 heavy (non-hydrogen) atoms. The van der Waals surface area contributed by atoms with Crippen LogP contribution in [0.15, 0.2) is 54.6 Å². The van der Waals surface area contributed by atoms with Gasteiger partial charge in [0.15, 0.2) is 0 Å². The van der Waals surface area contributed by atoms with E-state index in [0.29, 0.717) is 6.54 Å².